The lowest BCUT2D eigenvalue weighted by Gasteiger charge is -2.16. The van der Waals surface area contributed by atoms with Crippen molar-refractivity contribution < 1.29 is 13.9 Å². The quantitative estimate of drug-likeness (QED) is 0.460. The molecule has 1 aromatic heterocycles. The maximum atomic E-state index is 14.3. The Morgan fingerprint density at radius 3 is 2.62 bits per heavy atom. The number of para-hydroxylation sites is 1. The number of ether oxygens (including phenoxy) is 1. The zero-order valence-corrected chi connectivity index (χ0v) is 16.9. The minimum Gasteiger partial charge on any atom is -0.452 e. The molecule has 2 heterocycles. The standard InChI is InChI=1S/C25H17FN4O2/c26-21-6-1-4-18(14-27)24(21)32-22-7-2-5-19-16-29(25(31)23(19)22)15-17-8-10-20(11-9-17)30-13-3-12-28-30/h1-13H,15-16H2. The van der Waals surface area contributed by atoms with Gasteiger partial charge in [0.2, 0.25) is 0 Å². The number of nitrogens with zero attached hydrogens (tertiary/aromatic N) is 4. The van der Waals surface area contributed by atoms with E-state index in [2.05, 4.69) is 5.10 Å². The zero-order chi connectivity index (χ0) is 22.1. The molecule has 0 N–H and O–H groups in total. The highest BCUT2D eigenvalue weighted by Crippen LogP contribution is 2.36. The smallest absolute Gasteiger partial charge is 0.258 e. The molecule has 0 fully saturated rings. The summed E-state index contributed by atoms with van der Waals surface area (Å²) in [5.74, 6) is -0.780. The second-order valence-electron chi connectivity index (χ2n) is 7.40. The number of carbonyl (C=O) groups excluding carboxylic acids is 1. The summed E-state index contributed by atoms with van der Waals surface area (Å²) >= 11 is 0. The zero-order valence-electron chi connectivity index (χ0n) is 16.9. The van der Waals surface area contributed by atoms with Crippen molar-refractivity contribution in [3.05, 3.63) is 107 Å². The maximum absolute atomic E-state index is 14.3. The van der Waals surface area contributed by atoms with Gasteiger partial charge >= 0.3 is 0 Å². The molecule has 0 spiro atoms. The molecule has 1 aliphatic rings. The molecular formula is C25H17FN4O2. The number of fused-ring (bicyclic) bond motifs is 1. The number of hydrogen-bond donors (Lipinski definition) is 0. The van der Waals surface area contributed by atoms with Gasteiger partial charge < -0.3 is 9.64 Å². The van der Waals surface area contributed by atoms with E-state index in [1.165, 1.54) is 18.2 Å². The molecule has 4 aromatic rings. The molecule has 7 heteroatoms. The first kappa shape index (κ1) is 19.5. The van der Waals surface area contributed by atoms with Crippen LogP contribution in [0.1, 0.15) is 27.0 Å². The van der Waals surface area contributed by atoms with E-state index in [4.69, 9.17) is 4.74 Å². The summed E-state index contributed by atoms with van der Waals surface area (Å²) in [6, 6.07) is 21.0. The molecule has 32 heavy (non-hydrogen) atoms. The van der Waals surface area contributed by atoms with Gasteiger partial charge in [0.1, 0.15) is 11.8 Å². The lowest BCUT2D eigenvalue weighted by Crippen LogP contribution is -2.23. The Labute approximate surface area is 183 Å². The van der Waals surface area contributed by atoms with Gasteiger partial charge in [0.05, 0.1) is 16.8 Å². The summed E-state index contributed by atoms with van der Waals surface area (Å²) in [4.78, 5) is 14.9. The van der Waals surface area contributed by atoms with Crippen LogP contribution in [0.15, 0.2) is 79.1 Å². The number of aromatic nitrogens is 2. The fourth-order valence-electron chi connectivity index (χ4n) is 3.81. The minimum absolute atomic E-state index is 0.0715. The van der Waals surface area contributed by atoms with E-state index in [9.17, 15) is 14.4 Å². The third kappa shape index (κ3) is 3.48. The molecule has 1 amide bonds. The number of amides is 1. The van der Waals surface area contributed by atoms with Crippen LogP contribution in [-0.2, 0) is 13.1 Å². The van der Waals surface area contributed by atoms with Crippen molar-refractivity contribution in [2.24, 2.45) is 0 Å². The lowest BCUT2D eigenvalue weighted by molar-refractivity contribution is 0.0764. The highest BCUT2D eigenvalue weighted by atomic mass is 19.1. The summed E-state index contributed by atoms with van der Waals surface area (Å²) in [7, 11) is 0. The van der Waals surface area contributed by atoms with E-state index in [0.717, 1.165) is 16.8 Å². The van der Waals surface area contributed by atoms with Crippen LogP contribution >= 0.6 is 0 Å². The molecule has 0 unspecified atom stereocenters. The van der Waals surface area contributed by atoms with Gasteiger partial charge in [0.15, 0.2) is 11.6 Å². The van der Waals surface area contributed by atoms with Crippen molar-refractivity contribution in [3.63, 3.8) is 0 Å². The van der Waals surface area contributed by atoms with E-state index in [1.54, 1.807) is 27.9 Å². The van der Waals surface area contributed by atoms with E-state index >= 15 is 0 Å². The van der Waals surface area contributed by atoms with Gasteiger partial charge in [-0.3, -0.25) is 4.79 Å². The highest BCUT2D eigenvalue weighted by Gasteiger charge is 2.31. The molecule has 156 valence electrons. The molecular weight excluding hydrogens is 407 g/mol. The van der Waals surface area contributed by atoms with Crippen molar-refractivity contribution in [1.29, 1.82) is 5.26 Å². The molecule has 5 rings (SSSR count). The van der Waals surface area contributed by atoms with Crippen LogP contribution in [-0.4, -0.2) is 20.6 Å². The summed E-state index contributed by atoms with van der Waals surface area (Å²) in [6.45, 7) is 0.851. The van der Waals surface area contributed by atoms with Crippen molar-refractivity contribution in [3.8, 4) is 23.3 Å². The average Bonchev–Trinajstić information content (AvgIpc) is 3.45. The number of carbonyl (C=O) groups is 1. The molecule has 0 aliphatic carbocycles. The summed E-state index contributed by atoms with van der Waals surface area (Å²) < 4.78 is 21.8. The molecule has 1 aliphatic heterocycles. The molecule has 0 atom stereocenters. The topological polar surface area (TPSA) is 71.2 Å². The van der Waals surface area contributed by atoms with Crippen LogP contribution < -0.4 is 4.74 Å². The number of halogens is 1. The fourth-order valence-corrected chi connectivity index (χ4v) is 3.81. The molecule has 0 radical (unpaired) electrons. The van der Waals surface area contributed by atoms with Crippen LogP contribution in [0.2, 0.25) is 0 Å². The van der Waals surface area contributed by atoms with Gasteiger partial charge in [-0.2, -0.15) is 10.4 Å². The number of hydrogen-bond acceptors (Lipinski definition) is 4. The molecule has 0 saturated carbocycles. The van der Waals surface area contributed by atoms with Crippen molar-refractivity contribution >= 4 is 5.91 Å². The minimum atomic E-state index is -0.652. The number of nitriles is 1. The number of rotatable bonds is 5. The Kier molecular flexibility index (Phi) is 4.88. The maximum Gasteiger partial charge on any atom is 0.258 e. The predicted octanol–water partition coefficient (Wildman–Crippen LogP) is 4.83. The van der Waals surface area contributed by atoms with Gasteiger partial charge in [0.25, 0.3) is 5.91 Å². The summed E-state index contributed by atoms with van der Waals surface area (Å²) in [5.41, 5.74) is 3.18. The van der Waals surface area contributed by atoms with E-state index in [0.29, 0.717) is 18.7 Å². The summed E-state index contributed by atoms with van der Waals surface area (Å²) in [5, 5.41) is 13.5. The van der Waals surface area contributed by atoms with Gasteiger partial charge in [-0.1, -0.05) is 30.3 Å². The van der Waals surface area contributed by atoms with Crippen molar-refractivity contribution in [1.82, 2.24) is 14.7 Å². The van der Waals surface area contributed by atoms with Crippen molar-refractivity contribution in [2.45, 2.75) is 13.1 Å². The Balaban J connectivity index is 1.38. The van der Waals surface area contributed by atoms with Crippen LogP contribution in [0.4, 0.5) is 4.39 Å². The van der Waals surface area contributed by atoms with Gasteiger partial charge in [-0.15, -0.1) is 0 Å². The normalized spacial score (nSPS) is 12.5. The summed E-state index contributed by atoms with van der Waals surface area (Å²) in [6.07, 6.45) is 3.58. The van der Waals surface area contributed by atoms with Crippen LogP contribution in [0.25, 0.3) is 5.69 Å². The number of benzene rings is 3. The first-order valence-electron chi connectivity index (χ1n) is 10.0. The van der Waals surface area contributed by atoms with Crippen molar-refractivity contribution in [2.75, 3.05) is 0 Å². The Morgan fingerprint density at radius 1 is 1.06 bits per heavy atom. The predicted molar refractivity (Wildman–Crippen MR) is 115 cm³/mol. The molecule has 0 bridgehead atoms. The Morgan fingerprint density at radius 2 is 1.88 bits per heavy atom. The van der Waals surface area contributed by atoms with E-state index in [1.807, 2.05) is 48.7 Å². The first-order chi connectivity index (χ1) is 15.6. The SMILES string of the molecule is N#Cc1cccc(F)c1Oc1cccc2c1C(=O)N(Cc1ccc(-n3cccn3)cc1)C2. The first-order valence-corrected chi connectivity index (χ1v) is 10.0. The molecule has 6 nitrogen and oxygen atoms in total. The van der Waals surface area contributed by atoms with Gasteiger partial charge in [-0.25, -0.2) is 9.07 Å². The van der Waals surface area contributed by atoms with Crippen LogP contribution in [0.3, 0.4) is 0 Å². The van der Waals surface area contributed by atoms with Crippen LogP contribution in [0.5, 0.6) is 11.5 Å². The Bertz CT molecular complexity index is 1340. The third-order valence-corrected chi connectivity index (χ3v) is 5.35. The molecule has 3 aromatic carbocycles. The van der Waals surface area contributed by atoms with Gasteiger partial charge in [0, 0.05) is 25.5 Å². The van der Waals surface area contributed by atoms with Crippen LogP contribution in [0, 0.1) is 17.1 Å². The Hall–Kier alpha value is -4.44. The molecule has 0 saturated heterocycles. The second-order valence-corrected chi connectivity index (χ2v) is 7.40. The monoisotopic (exact) mass is 424 g/mol. The highest BCUT2D eigenvalue weighted by molar-refractivity contribution is 6.01. The fraction of sp³-hybridized carbons (Fsp3) is 0.0800. The largest absolute Gasteiger partial charge is 0.452 e. The third-order valence-electron chi connectivity index (χ3n) is 5.35. The van der Waals surface area contributed by atoms with E-state index in [-0.39, 0.29) is 23.0 Å². The average molecular weight is 424 g/mol. The van der Waals surface area contributed by atoms with Gasteiger partial charge in [-0.05, 0) is 47.5 Å². The lowest BCUT2D eigenvalue weighted by atomic mass is 10.1. The second kappa shape index (κ2) is 8.00. The van der Waals surface area contributed by atoms with E-state index < -0.39 is 5.82 Å².